The van der Waals surface area contributed by atoms with Crippen LogP contribution in [0.2, 0.25) is 0 Å². The molecule has 0 saturated heterocycles. The SMILES string of the molecule is NC(=O)[C@@H](NNC(=O)Cc1ccc(F)cc1)c1ccccc1. The molecule has 1 atom stereocenters. The van der Waals surface area contributed by atoms with Crippen LogP contribution < -0.4 is 16.6 Å². The molecule has 0 unspecified atom stereocenters. The number of hydrogen-bond acceptors (Lipinski definition) is 3. The van der Waals surface area contributed by atoms with Gasteiger partial charge in [-0.2, -0.15) is 0 Å². The molecule has 0 bridgehead atoms. The van der Waals surface area contributed by atoms with Crippen LogP contribution in [0.25, 0.3) is 0 Å². The first-order valence-electron chi connectivity index (χ1n) is 6.69. The molecule has 5 nitrogen and oxygen atoms in total. The van der Waals surface area contributed by atoms with Gasteiger partial charge in [-0.25, -0.2) is 9.82 Å². The van der Waals surface area contributed by atoms with Gasteiger partial charge in [0.15, 0.2) is 0 Å². The van der Waals surface area contributed by atoms with Gasteiger partial charge in [0.1, 0.15) is 11.9 Å². The first kappa shape index (κ1) is 15.7. The third kappa shape index (κ3) is 4.39. The molecule has 2 aromatic rings. The zero-order valence-corrected chi connectivity index (χ0v) is 11.8. The smallest absolute Gasteiger partial charge is 0.240 e. The van der Waals surface area contributed by atoms with Gasteiger partial charge in [-0.3, -0.25) is 15.0 Å². The Morgan fingerprint density at radius 3 is 2.27 bits per heavy atom. The van der Waals surface area contributed by atoms with Crippen molar-refractivity contribution in [3.05, 3.63) is 71.5 Å². The lowest BCUT2D eigenvalue weighted by atomic mass is 10.1. The van der Waals surface area contributed by atoms with Crippen LogP contribution in [0, 0.1) is 5.82 Å². The highest BCUT2D eigenvalue weighted by Crippen LogP contribution is 2.10. The summed E-state index contributed by atoms with van der Waals surface area (Å²) in [6.45, 7) is 0. The Balaban J connectivity index is 1.93. The number of nitrogens with two attached hydrogens (primary N) is 1. The molecule has 0 aliphatic rings. The lowest BCUT2D eigenvalue weighted by Crippen LogP contribution is -2.45. The molecular weight excluding hydrogens is 285 g/mol. The first-order chi connectivity index (χ1) is 10.6. The van der Waals surface area contributed by atoms with E-state index >= 15 is 0 Å². The molecule has 0 radical (unpaired) electrons. The van der Waals surface area contributed by atoms with Gasteiger partial charge in [-0.1, -0.05) is 42.5 Å². The van der Waals surface area contributed by atoms with E-state index in [0.29, 0.717) is 11.1 Å². The number of hydrazine groups is 1. The summed E-state index contributed by atoms with van der Waals surface area (Å²) in [5.74, 6) is -1.32. The first-order valence-corrected chi connectivity index (χ1v) is 6.69. The van der Waals surface area contributed by atoms with Gasteiger partial charge in [0, 0.05) is 0 Å². The van der Waals surface area contributed by atoms with Gasteiger partial charge in [0.05, 0.1) is 6.42 Å². The van der Waals surface area contributed by atoms with Crippen molar-refractivity contribution in [1.82, 2.24) is 10.9 Å². The van der Waals surface area contributed by atoms with Gasteiger partial charge >= 0.3 is 0 Å². The van der Waals surface area contributed by atoms with Gasteiger partial charge in [-0.15, -0.1) is 0 Å². The molecule has 4 N–H and O–H groups in total. The van der Waals surface area contributed by atoms with E-state index in [1.54, 1.807) is 24.3 Å². The average Bonchev–Trinajstić information content (AvgIpc) is 2.50. The third-order valence-electron chi connectivity index (χ3n) is 3.05. The number of carbonyl (C=O) groups is 2. The molecule has 0 heterocycles. The molecule has 0 aliphatic carbocycles. The maximum absolute atomic E-state index is 12.8. The quantitative estimate of drug-likeness (QED) is 0.701. The molecule has 0 aliphatic heterocycles. The minimum Gasteiger partial charge on any atom is -0.368 e. The van der Waals surface area contributed by atoms with E-state index in [2.05, 4.69) is 10.9 Å². The second kappa shape index (κ2) is 7.33. The topological polar surface area (TPSA) is 84.2 Å². The summed E-state index contributed by atoms with van der Waals surface area (Å²) in [4.78, 5) is 23.3. The monoisotopic (exact) mass is 301 g/mol. The summed E-state index contributed by atoms with van der Waals surface area (Å²) >= 11 is 0. The molecule has 0 saturated carbocycles. The van der Waals surface area contributed by atoms with Gasteiger partial charge < -0.3 is 5.73 Å². The van der Waals surface area contributed by atoms with E-state index in [1.807, 2.05) is 6.07 Å². The lowest BCUT2D eigenvalue weighted by Gasteiger charge is -2.16. The molecule has 0 aromatic heterocycles. The van der Waals surface area contributed by atoms with Crippen LogP contribution in [0.5, 0.6) is 0 Å². The van der Waals surface area contributed by atoms with Crippen LogP contribution in [-0.4, -0.2) is 11.8 Å². The Bertz CT molecular complexity index is 644. The van der Waals surface area contributed by atoms with E-state index in [-0.39, 0.29) is 18.1 Å². The fraction of sp³-hybridized carbons (Fsp3) is 0.125. The number of amides is 2. The zero-order chi connectivity index (χ0) is 15.9. The van der Waals surface area contributed by atoms with Crippen molar-refractivity contribution in [2.45, 2.75) is 12.5 Å². The number of halogens is 1. The fourth-order valence-electron chi connectivity index (χ4n) is 1.95. The minimum absolute atomic E-state index is 0.0630. The Kier molecular flexibility index (Phi) is 5.21. The highest BCUT2D eigenvalue weighted by Gasteiger charge is 2.17. The van der Waals surface area contributed by atoms with E-state index in [0.717, 1.165) is 0 Å². The second-order valence-corrected chi connectivity index (χ2v) is 4.74. The molecule has 2 rings (SSSR count). The third-order valence-corrected chi connectivity index (χ3v) is 3.05. The highest BCUT2D eigenvalue weighted by molar-refractivity contribution is 5.83. The van der Waals surface area contributed by atoms with Crippen LogP contribution in [0.4, 0.5) is 4.39 Å². The predicted octanol–water partition coefficient (Wildman–Crippen LogP) is 1.22. The van der Waals surface area contributed by atoms with Crippen molar-refractivity contribution in [2.24, 2.45) is 5.73 Å². The molecule has 6 heteroatoms. The molecule has 2 aromatic carbocycles. The largest absolute Gasteiger partial charge is 0.368 e. The lowest BCUT2D eigenvalue weighted by molar-refractivity contribution is -0.123. The highest BCUT2D eigenvalue weighted by atomic mass is 19.1. The van der Waals surface area contributed by atoms with Gasteiger partial charge in [-0.05, 0) is 23.3 Å². The molecule has 114 valence electrons. The maximum Gasteiger partial charge on any atom is 0.240 e. The summed E-state index contributed by atoms with van der Waals surface area (Å²) in [6, 6.07) is 13.6. The molecule has 2 amide bonds. The number of primary amides is 1. The second-order valence-electron chi connectivity index (χ2n) is 4.74. The van der Waals surface area contributed by atoms with Crippen molar-refractivity contribution >= 4 is 11.8 Å². The molecule has 0 fully saturated rings. The molecule has 22 heavy (non-hydrogen) atoms. The minimum atomic E-state index is -0.821. The van der Waals surface area contributed by atoms with E-state index in [4.69, 9.17) is 5.73 Å². The summed E-state index contributed by atoms with van der Waals surface area (Å²) in [5, 5.41) is 0. The van der Waals surface area contributed by atoms with Crippen molar-refractivity contribution in [2.75, 3.05) is 0 Å². The van der Waals surface area contributed by atoms with Crippen LogP contribution in [0.3, 0.4) is 0 Å². The Hall–Kier alpha value is -2.73. The van der Waals surface area contributed by atoms with Crippen molar-refractivity contribution in [3.8, 4) is 0 Å². The van der Waals surface area contributed by atoms with Crippen LogP contribution in [0.1, 0.15) is 17.2 Å². The predicted molar refractivity (Wildman–Crippen MR) is 79.8 cm³/mol. The number of benzene rings is 2. The van der Waals surface area contributed by atoms with Crippen molar-refractivity contribution < 1.29 is 14.0 Å². The van der Waals surface area contributed by atoms with Crippen LogP contribution in [0.15, 0.2) is 54.6 Å². The number of nitrogens with one attached hydrogen (secondary N) is 2. The Morgan fingerprint density at radius 1 is 1.05 bits per heavy atom. The van der Waals surface area contributed by atoms with Crippen molar-refractivity contribution in [1.29, 1.82) is 0 Å². The number of carbonyl (C=O) groups excluding carboxylic acids is 2. The molecular formula is C16H16FN3O2. The standard InChI is InChI=1S/C16H16FN3O2/c17-13-8-6-11(7-9-13)10-14(21)19-20-15(16(18)22)12-4-2-1-3-5-12/h1-9,15,20H,10H2,(H2,18,22)(H,19,21)/t15-/m0/s1. The summed E-state index contributed by atoms with van der Waals surface area (Å²) in [6.07, 6.45) is 0.0630. The summed E-state index contributed by atoms with van der Waals surface area (Å²) < 4.78 is 12.8. The van der Waals surface area contributed by atoms with Gasteiger partial charge in [0.25, 0.3) is 0 Å². The Labute approximate surface area is 127 Å². The van der Waals surface area contributed by atoms with Gasteiger partial charge in [0.2, 0.25) is 11.8 Å². The van der Waals surface area contributed by atoms with E-state index in [9.17, 15) is 14.0 Å². The number of rotatable bonds is 6. The Morgan fingerprint density at radius 2 is 1.68 bits per heavy atom. The molecule has 0 spiro atoms. The normalized spacial score (nSPS) is 11.7. The maximum atomic E-state index is 12.8. The number of hydrogen-bond donors (Lipinski definition) is 3. The van der Waals surface area contributed by atoms with Crippen molar-refractivity contribution in [3.63, 3.8) is 0 Å². The average molecular weight is 301 g/mol. The van der Waals surface area contributed by atoms with Crippen LogP contribution in [-0.2, 0) is 16.0 Å². The fourth-order valence-corrected chi connectivity index (χ4v) is 1.95. The van der Waals surface area contributed by atoms with E-state index < -0.39 is 11.9 Å². The zero-order valence-electron chi connectivity index (χ0n) is 11.8. The summed E-state index contributed by atoms with van der Waals surface area (Å²) in [7, 11) is 0. The summed E-state index contributed by atoms with van der Waals surface area (Å²) in [5.41, 5.74) is 11.7. The van der Waals surface area contributed by atoms with Crippen LogP contribution >= 0.6 is 0 Å². The van der Waals surface area contributed by atoms with E-state index in [1.165, 1.54) is 24.3 Å².